The van der Waals surface area contributed by atoms with Gasteiger partial charge in [0.2, 0.25) is 0 Å². The summed E-state index contributed by atoms with van der Waals surface area (Å²) in [6, 6.07) is 0. The van der Waals surface area contributed by atoms with Gasteiger partial charge < -0.3 is 9.47 Å². The van der Waals surface area contributed by atoms with Gasteiger partial charge in [-0.1, -0.05) is 6.08 Å². The van der Waals surface area contributed by atoms with Gasteiger partial charge in [0.15, 0.2) is 0 Å². The maximum atomic E-state index is 11.4. The Morgan fingerprint density at radius 2 is 2.21 bits per heavy atom. The minimum Gasteiger partial charge on any atom is -0.466 e. The summed E-state index contributed by atoms with van der Waals surface area (Å²) in [7, 11) is 3.20. The molecule has 0 saturated heterocycles. The summed E-state index contributed by atoms with van der Waals surface area (Å²) in [6.07, 6.45) is 5.45. The standard InChI is InChI=1S/C11H16O3/c1-13-10-6-5-7-8(10)3-4-9(7)11(12)14-2/h4,7-8,10H,3,5-6H2,1-2H3/t7-,8-,10?/m0/s1. The first-order valence-corrected chi connectivity index (χ1v) is 5.09. The number of ether oxygens (including phenoxy) is 2. The van der Waals surface area contributed by atoms with E-state index in [0.717, 1.165) is 24.8 Å². The van der Waals surface area contributed by atoms with Crippen molar-refractivity contribution >= 4 is 5.97 Å². The van der Waals surface area contributed by atoms with Crippen molar-refractivity contribution in [2.24, 2.45) is 11.8 Å². The van der Waals surface area contributed by atoms with Crippen molar-refractivity contribution in [1.82, 2.24) is 0 Å². The third kappa shape index (κ3) is 1.36. The Morgan fingerprint density at radius 1 is 1.43 bits per heavy atom. The Kier molecular flexibility index (Phi) is 2.59. The van der Waals surface area contributed by atoms with Crippen LogP contribution < -0.4 is 0 Å². The van der Waals surface area contributed by atoms with Crippen molar-refractivity contribution in [3.05, 3.63) is 11.6 Å². The Labute approximate surface area is 84.1 Å². The highest BCUT2D eigenvalue weighted by Crippen LogP contribution is 2.45. The topological polar surface area (TPSA) is 35.5 Å². The Morgan fingerprint density at radius 3 is 2.86 bits per heavy atom. The van der Waals surface area contributed by atoms with Crippen LogP contribution in [0.15, 0.2) is 11.6 Å². The van der Waals surface area contributed by atoms with E-state index in [1.807, 2.05) is 6.08 Å². The van der Waals surface area contributed by atoms with Crippen LogP contribution in [-0.4, -0.2) is 26.3 Å². The van der Waals surface area contributed by atoms with Gasteiger partial charge in [-0.2, -0.15) is 0 Å². The monoisotopic (exact) mass is 196 g/mol. The molecule has 3 nitrogen and oxygen atoms in total. The molecule has 2 aliphatic rings. The zero-order chi connectivity index (χ0) is 10.1. The molecule has 2 rings (SSSR count). The fraction of sp³-hybridized carbons (Fsp3) is 0.727. The van der Waals surface area contributed by atoms with Gasteiger partial charge in [-0.05, 0) is 31.1 Å². The van der Waals surface area contributed by atoms with Gasteiger partial charge >= 0.3 is 5.97 Å². The SMILES string of the molecule is COC(=O)C1=CC[C@@H]2C(OC)CC[C@H]12. The average molecular weight is 196 g/mol. The highest BCUT2D eigenvalue weighted by molar-refractivity contribution is 5.89. The van der Waals surface area contributed by atoms with Crippen LogP contribution in [0.5, 0.6) is 0 Å². The number of fused-ring (bicyclic) bond motifs is 1. The molecule has 0 heterocycles. The summed E-state index contributed by atoms with van der Waals surface area (Å²) in [5, 5.41) is 0. The Hall–Kier alpha value is -0.830. The number of esters is 1. The first-order valence-electron chi connectivity index (χ1n) is 5.09. The van der Waals surface area contributed by atoms with Crippen LogP contribution in [0.25, 0.3) is 0 Å². The zero-order valence-electron chi connectivity index (χ0n) is 8.66. The number of rotatable bonds is 2. The number of hydrogen-bond donors (Lipinski definition) is 0. The fourth-order valence-electron chi connectivity index (χ4n) is 2.79. The number of methoxy groups -OCH3 is 2. The van der Waals surface area contributed by atoms with Gasteiger partial charge in [0, 0.05) is 12.7 Å². The van der Waals surface area contributed by atoms with Crippen molar-refractivity contribution < 1.29 is 14.3 Å². The number of carbonyl (C=O) groups is 1. The van der Waals surface area contributed by atoms with Crippen molar-refractivity contribution in [3.8, 4) is 0 Å². The molecule has 0 aromatic carbocycles. The van der Waals surface area contributed by atoms with Gasteiger partial charge in [0.1, 0.15) is 0 Å². The molecule has 1 saturated carbocycles. The van der Waals surface area contributed by atoms with Gasteiger partial charge in [0.05, 0.1) is 13.2 Å². The highest BCUT2D eigenvalue weighted by Gasteiger charge is 2.43. The second-order valence-electron chi connectivity index (χ2n) is 4.01. The van der Waals surface area contributed by atoms with E-state index in [1.54, 1.807) is 7.11 Å². The van der Waals surface area contributed by atoms with E-state index < -0.39 is 0 Å². The molecule has 0 bridgehead atoms. The van der Waals surface area contributed by atoms with E-state index in [-0.39, 0.29) is 5.97 Å². The number of allylic oxidation sites excluding steroid dienone is 1. The third-order valence-corrected chi connectivity index (χ3v) is 3.49. The van der Waals surface area contributed by atoms with Gasteiger partial charge in [0.25, 0.3) is 0 Å². The van der Waals surface area contributed by atoms with Crippen LogP contribution in [0.2, 0.25) is 0 Å². The molecule has 0 N–H and O–H groups in total. The third-order valence-electron chi connectivity index (χ3n) is 3.49. The van der Waals surface area contributed by atoms with Crippen molar-refractivity contribution in [1.29, 1.82) is 0 Å². The Bertz CT molecular complexity index is 270. The molecule has 3 heteroatoms. The summed E-state index contributed by atoms with van der Waals surface area (Å²) >= 11 is 0. The molecule has 0 aliphatic heterocycles. The molecule has 1 unspecified atom stereocenters. The van der Waals surface area contributed by atoms with Crippen LogP contribution in [0, 0.1) is 11.8 Å². The fourth-order valence-corrected chi connectivity index (χ4v) is 2.79. The van der Waals surface area contributed by atoms with E-state index in [1.165, 1.54) is 7.11 Å². The number of carbonyl (C=O) groups excluding carboxylic acids is 1. The maximum absolute atomic E-state index is 11.4. The lowest BCUT2D eigenvalue weighted by atomic mass is 9.94. The first-order chi connectivity index (χ1) is 6.77. The van der Waals surface area contributed by atoms with Crippen molar-refractivity contribution in [2.75, 3.05) is 14.2 Å². The van der Waals surface area contributed by atoms with E-state index in [9.17, 15) is 4.79 Å². The first kappa shape index (κ1) is 9.71. The molecule has 0 aromatic rings. The lowest BCUT2D eigenvalue weighted by Gasteiger charge is -2.17. The summed E-state index contributed by atoms with van der Waals surface area (Å²) in [5.74, 6) is 0.732. The molecular weight excluding hydrogens is 180 g/mol. The molecule has 1 fully saturated rings. The molecule has 0 radical (unpaired) electrons. The normalized spacial score (nSPS) is 35.3. The number of hydrogen-bond acceptors (Lipinski definition) is 3. The van der Waals surface area contributed by atoms with Crippen molar-refractivity contribution in [2.45, 2.75) is 25.4 Å². The van der Waals surface area contributed by atoms with Gasteiger partial charge in [-0.15, -0.1) is 0 Å². The highest BCUT2D eigenvalue weighted by atomic mass is 16.5. The minimum atomic E-state index is -0.158. The van der Waals surface area contributed by atoms with Gasteiger partial charge in [-0.3, -0.25) is 0 Å². The van der Waals surface area contributed by atoms with E-state index >= 15 is 0 Å². The lowest BCUT2D eigenvalue weighted by molar-refractivity contribution is -0.136. The smallest absolute Gasteiger partial charge is 0.333 e. The minimum absolute atomic E-state index is 0.158. The molecule has 78 valence electrons. The largest absolute Gasteiger partial charge is 0.466 e. The van der Waals surface area contributed by atoms with Crippen LogP contribution >= 0.6 is 0 Å². The van der Waals surface area contributed by atoms with E-state index in [4.69, 9.17) is 9.47 Å². The van der Waals surface area contributed by atoms with Crippen LogP contribution in [0.3, 0.4) is 0 Å². The van der Waals surface area contributed by atoms with Crippen LogP contribution in [0.1, 0.15) is 19.3 Å². The predicted octanol–water partition coefficient (Wildman–Crippen LogP) is 1.53. The van der Waals surface area contributed by atoms with E-state index in [2.05, 4.69) is 0 Å². The molecular formula is C11H16O3. The lowest BCUT2D eigenvalue weighted by Crippen LogP contribution is -2.20. The second-order valence-corrected chi connectivity index (χ2v) is 4.01. The second kappa shape index (κ2) is 3.73. The van der Waals surface area contributed by atoms with Crippen molar-refractivity contribution in [3.63, 3.8) is 0 Å². The molecule has 0 spiro atoms. The van der Waals surface area contributed by atoms with Crippen LogP contribution in [-0.2, 0) is 14.3 Å². The summed E-state index contributed by atoms with van der Waals surface area (Å²) in [4.78, 5) is 11.4. The predicted molar refractivity (Wildman–Crippen MR) is 51.7 cm³/mol. The molecule has 0 amide bonds. The molecule has 3 atom stereocenters. The summed E-state index contributed by atoms with van der Waals surface area (Å²) < 4.78 is 10.2. The van der Waals surface area contributed by atoms with E-state index in [0.29, 0.717) is 17.9 Å². The van der Waals surface area contributed by atoms with Crippen LogP contribution in [0.4, 0.5) is 0 Å². The maximum Gasteiger partial charge on any atom is 0.333 e. The summed E-state index contributed by atoms with van der Waals surface area (Å²) in [5.41, 5.74) is 0.872. The quantitative estimate of drug-likeness (QED) is 0.628. The van der Waals surface area contributed by atoms with Gasteiger partial charge in [-0.25, -0.2) is 4.79 Å². The Balaban J connectivity index is 2.09. The molecule has 2 aliphatic carbocycles. The summed E-state index contributed by atoms with van der Waals surface area (Å²) in [6.45, 7) is 0. The molecule has 14 heavy (non-hydrogen) atoms. The molecule has 0 aromatic heterocycles. The average Bonchev–Trinajstić information content (AvgIpc) is 2.76. The zero-order valence-corrected chi connectivity index (χ0v) is 8.66.